The predicted molar refractivity (Wildman–Crippen MR) is 91.8 cm³/mol. The van der Waals surface area contributed by atoms with Gasteiger partial charge in [0.25, 0.3) is 0 Å². The topological polar surface area (TPSA) is 55.9 Å². The average molecular weight is 346 g/mol. The summed E-state index contributed by atoms with van der Waals surface area (Å²) in [5.74, 6) is 2.22. The van der Waals surface area contributed by atoms with Crippen LogP contribution in [0.4, 0.5) is 0 Å². The van der Waals surface area contributed by atoms with Crippen molar-refractivity contribution in [2.45, 2.75) is 89.9 Å². The monoisotopic (exact) mass is 346 g/mol. The number of carbonyl (C=O) groups is 2. The number of fused-ring (bicyclic) bond motifs is 4. The minimum absolute atomic E-state index is 0.0949. The molecule has 25 heavy (non-hydrogen) atoms. The molecule has 1 heterocycles. The molecule has 0 N–H and O–H groups in total. The van der Waals surface area contributed by atoms with E-state index in [-0.39, 0.29) is 34.6 Å². The van der Waals surface area contributed by atoms with Crippen LogP contribution in [0, 0.1) is 28.6 Å². The van der Waals surface area contributed by atoms with E-state index in [4.69, 9.17) is 9.47 Å². The molecule has 0 radical (unpaired) electrons. The Kier molecular flexibility index (Phi) is 3.18. The van der Waals surface area contributed by atoms with Gasteiger partial charge in [0.2, 0.25) is 0 Å². The van der Waals surface area contributed by atoms with Crippen LogP contribution in [0.15, 0.2) is 0 Å². The van der Waals surface area contributed by atoms with Crippen LogP contribution in [0.2, 0.25) is 0 Å². The zero-order chi connectivity index (χ0) is 17.6. The number of hydrogen-bond donors (Lipinski definition) is 0. The van der Waals surface area contributed by atoms with Gasteiger partial charge in [0.15, 0.2) is 5.78 Å². The maximum Gasteiger partial charge on any atom is 0.302 e. The summed E-state index contributed by atoms with van der Waals surface area (Å²) in [6.07, 6.45) is 8.45. The third-order valence-electron chi connectivity index (χ3n) is 9.17. The summed E-state index contributed by atoms with van der Waals surface area (Å²) in [4.78, 5) is 23.7. The van der Waals surface area contributed by atoms with E-state index in [1.54, 1.807) is 0 Å². The first kappa shape index (κ1) is 16.3. The second-order valence-corrected chi connectivity index (χ2v) is 9.91. The van der Waals surface area contributed by atoms with Gasteiger partial charge in [-0.15, -0.1) is 0 Å². The molecule has 5 aliphatic rings. The van der Waals surface area contributed by atoms with Crippen molar-refractivity contribution in [3.8, 4) is 0 Å². The molecule has 1 aliphatic heterocycles. The second kappa shape index (κ2) is 4.88. The molecule has 0 aromatic rings. The van der Waals surface area contributed by atoms with Crippen LogP contribution in [0.3, 0.4) is 0 Å². The predicted octanol–water partition coefficient (Wildman–Crippen LogP) is 3.66. The molecule has 4 aliphatic carbocycles. The Morgan fingerprint density at radius 2 is 1.88 bits per heavy atom. The Morgan fingerprint density at radius 3 is 2.64 bits per heavy atom. The van der Waals surface area contributed by atoms with Crippen LogP contribution >= 0.6 is 0 Å². The van der Waals surface area contributed by atoms with Crippen molar-refractivity contribution in [3.05, 3.63) is 0 Å². The van der Waals surface area contributed by atoms with Crippen molar-refractivity contribution < 1.29 is 19.1 Å². The van der Waals surface area contributed by atoms with Crippen molar-refractivity contribution >= 4 is 11.8 Å². The Labute approximate surface area is 150 Å². The fraction of sp³-hybridized carbons (Fsp3) is 0.905. The van der Waals surface area contributed by atoms with Gasteiger partial charge in [-0.1, -0.05) is 13.8 Å². The SMILES string of the molecule is CC(=O)O[C@H]1CC[C@H]2[C@@H]3CC[C@@]45OC4C(=O)CC[C@]5(C)[C@H]3CC[C@]12C. The van der Waals surface area contributed by atoms with Gasteiger partial charge in [0, 0.05) is 24.2 Å². The molecular formula is C21H30O4. The number of carbonyl (C=O) groups excluding carboxylic acids is 2. The molecule has 0 aromatic heterocycles. The van der Waals surface area contributed by atoms with Crippen LogP contribution in [-0.4, -0.2) is 29.6 Å². The van der Waals surface area contributed by atoms with Crippen molar-refractivity contribution in [3.63, 3.8) is 0 Å². The quantitative estimate of drug-likeness (QED) is 0.537. The van der Waals surface area contributed by atoms with Crippen molar-refractivity contribution in [2.75, 3.05) is 0 Å². The van der Waals surface area contributed by atoms with E-state index in [1.165, 1.54) is 26.2 Å². The van der Waals surface area contributed by atoms with E-state index in [2.05, 4.69) is 13.8 Å². The molecule has 5 fully saturated rings. The van der Waals surface area contributed by atoms with Crippen LogP contribution in [0.5, 0.6) is 0 Å². The lowest BCUT2D eigenvalue weighted by Crippen LogP contribution is -2.58. The van der Waals surface area contributed by atoms with Gasteiger partial charge >= 0.3 is 5.97 Å². The van der Waals surface area contributed by atoms with Crippen LogP contribution < -0.4 is 0 Å². The van der Waals surface area contributed by atoms with Gasteiger partial charge in [-0.3, -0.25) is 9.59 Å². The largest absolute Gasteiger partial charge is 0.462 e. The van der Waals surface area contributed by atoms with E-state index < -0.39 is 0 Å². The molecule has 1 saturated heterocycles. The van der Waals surface area contributed by atoms with E-state index >= 15 is 0 Å². The van der Waals surface area contributed by atoms with Gasteiger partial charge in [-0.25, -0.2) is 0 Å². The summed E-state index contributed by atoms with van der Waals surface area (Å²) in [6, 6.07) is 0. The Bertz CT molecular complexity index is 644. The number of ether oxygens (including phenoxy) is 2. The van der Waals surface area contributed by atoms with Gasteiger partial charge in [0.05, 0.1) is 0 Å². The molecule has 1 spiro atoms. The maximum atomic E-state index is 12.2. The normalized spacial score (nSPS) is 56.3. The van der Waals surface area contributed by atoms with Gasteiger partial charge in [-0.05, 0) is 62.7 Å². The molecule has 8 atom stereocenters. The van der Waals surface area contributed by atoms with Crippen LogP contribution in [0.25, 0.3) is 0 Å². The summed E-state index contributed by atoms with van der Waals surface area (Å²) in [6.45, 7) is 6.32. The zero-order valence-corrected chi connectivity index (χ0v) is 15.7. The highest BCUT2D eigenvalue weighted by atomic mass is 16.6. The third kappa shape index (κ3) is 1.87. The molecular weight excluding hydrogens is 316 g/mol. The van der Waals surface area contributed by atoms with Crippen molar-refractivity contribution in [2.24, 2.45) is 28.6 Å². The number of esters is 1. The summed E-state index contributed by atoms with van der Waals surface area (Å²) in [5.41, 5.74) is 0.169. The fourth-order valence-electron chi connectivity index (χ4n) is 7.84. The van der Waals surface area contributed by atoms with Crippen molar-refractivity contribution in [1.29, 1.82) is 0 Å². The lowest BCUT2D eigenvalue weighted by atomic mass is 9.45. The Morgan fingerprint density at radius 1 is 1.08 bits per heavy atom. The second-order valence-electron chi connectivity index (χ2n) is 9.91. The Balaban J connectivity index is 1.44. The number of hydrogen-bond acceptors (Lipinski definition) is 4. The zero-order valence-electron chi connectivity index (χ0n) is 15.7. The highest BCUT2D eigenvalue weighted by molar-refractivity contribution is 5.88. The van der Waals surface area contributed by atoms with Crippen molar-refractivity contribution in [1.82, 2.24) is 0 Å². The molecule has 4 saturated carbocycles. The Hall–Kier alpha value is -0.900. The number of Topliss-reactive ketones (excluding diaryl/α,β-unsaturated/α-hetero) is 1. The van der Waals surface area contributed by atoms with Crippen LogP contribution in [0.1, 0.15) is 72.1 Å². The van der Waals surface area contributed by atoms with E-state index in [1.807, 2.05) is 0 Å². The average Bonchev–Trinajstić information content (AvgIpc) is 3.22. The molecule has 0 bridgehead atoms. The molecule has 0 amide bonds. The molecule has 4 nitrogen and oxygen atoms in total. The smallest absolute Gasteiger partial charge is 0.302 e. The minimum Gasteiger partial charge on any atom is -0.462 e. The van der Waals surface area contributed by atoms with Gasteiger partial charge in [-0.2, -0.15) is 0 Å². The first-order valence-electron chi connectivity index (χ1n) is 10.2. The number of rotatable bonds is 1. The van der Waals surface area contributed by atoms with Crippen LogP contribution in [-0.2, 0) is 19.1 Å². The van der Waals surface area contributed by atoms with E-state index in [9.17, 15) is 9.59 Å². The molecule has 138 valence electrons. The number of epoxide rings is 1. The lowest BCUT2D eigenvalue weighted by Gasteiger charge is -2.59. The highest BCUT2D eigenvalue weighted by Gasteiger charge is 2.76. The van der Waals surface area contributed by atoms with Gasteiger partial charge < -0.3 is 9.47 Å². The summed E-state index contributed by atoms with van der Waals surface area (Å²) >= 11 is 0. The molecule has 5 rings (SSSR count). The molecule has 0 aromatic carbocycles. The first-order valence-corrected chi connectivity index (χ1v) is 10.2. The summed E-state index contributed by atoms with van der Waals surface area (Å²) < 4.78 is 11.9. The lowest BCUT2D eigenvalue weighted by molar-refractivity contribution is -0.161. The fourth-order valence-corrected chi connectivity index (χ4v) is 7.84. The maximum absolute atomic E-state index is 12.2. The molecule has 1 unspecified atom stereocenters. The summed E-state index contributed by atoms with van der Waals surface area (Å²) in [5, 5.41) is 0. The van der Waals surface area contributed by atoms with E-state index in [0.29, 0.717) is 30.0 Å². The van der Waals surface area contributed by atoms with E-state index in [0.717, 1.165) is 25.7 Å². The third-order valence-corrected chi connectivity index (χ3v) is 9.17. The molecule has 4 heteroatoms. The minimum atomic E-state index is -0.136. The first-order chi connectivity index (χ1) is 11.8. The standard InChI is InChI=1S/C21H30O4/c1-12(22)24-17-5-4-14-13-6-11-21-18(25-21)16(23)8-10-20(21,3)15(13)7-9-19(14,17)2/h13-15,17-18H,4-11H2,1-3H3/t13-,14-,15-,17-,18?,19-,20+,21+/m0/s1. The highest BCUT2D eigenvalue weighted by Crippen LogP contribution is 2.72. The number of ketones is 1. The van der Waals surface area contributed by atoms with Gasteiger partial charge in [0.1, 0.15) is 17.8 Å². The summed E-state index contributed by atoms with van der Waals surface area (Å²) in [7, 11) is 0.